The van der Waals surface area contributed by atoms with Gasteiger partial charge in [-0.3, -0.25) is 4.68 Å². The molecule has 3 nitrogen and oxygen atoms in total. The van der Waals surface area contributed by atoms with E-state index in [-0.39, 0.29) is 6.10 Å². The minimum absolute atomic E-state index is 0.121. The van der Waals surface area contributed by atoms with Crippen LogP contribution in [0.1, 0.15) is 50.9 Å². The zero-order valence-corrected chi connectivity index (χ0v) is 10.7. The number of aromatic nitrogens is 2. The van der Waals surface area contributed by atoms with Gasteiger partial charge in [0.2, 0.25) is 0 Å². The molecule has 0 aliphatic rings. The van der Waals surface area contributed by atoms with Crippen molar-refractivity contribution in [3.8, 4) is 0 Å². The molecule has 0 amide bonds. The van der Waals surface area contributed by atoms with Gasteiger partial charge in [0, 0.05) is 12.7 Å². The first-order valence-electron chi connectivity index (χ1n) is 6.37. The van der Waals surface area contributed by atoms with Crippen LogP contribution in [0.15, 0.2) is 6.07 Å². The van der Waals surface area contributed by atoms with E-state index in [4.69, 9.17) is 0 Å². The van der Waals surface area contributed by atoms with Gasteiger partial charge in [-0.1, -0.05) is 20.3 Å². The molecular formula is C13H24N2O. The summed E-state index contributed by atoms with van der Waals surface area (Å²) in [7, 11) is 2.00. The Morgan fingerprint density at radius 3 is 2.69 bits per heavy atom. The Balaban J connectivity index is 2.33. The molecule has 1 unspecified atom stereocenters. The molecule has 1 N–H and O–H groups in total. The van der Waals surface area contributed by atoms with Crippen LogP contribution >= 0.6 is 0 Å². The lowest BCUT2D eigenvalue weighted by molar-refractivity contribution is 0.151. The first-order valence-corrected chi connectivity index (χ1v) is 6.37. The third-order valence-electron chi connectivity index (χ3n) is 2.98. The summed E-state index contributed by atoms with van der Waals surface area (Å²) in [6.07, 6.45) is 5.82. The molecule has 1 heterocycles. The highest BCUT2D eigenvalue weighted by molar-refractivity contribution is 5.10. The average Bonchev–Trinajstić information content (AvgIpc) is 2.60. The molecule has 1 aromatic heterocycles. The van der Waals surface area contributed by atoms with Crippen LogP contribution in [0.3, 0.4) is 0 Å². The fraction of sp³-hybridized carbons (Fsp3) is 0.769. The van der Waals surface area contributed by atoms with Crippen molar-refractivity contribution >= 4 is 0 Å². The highest BCUT2D eigenvalue weighted by Crippen LogP contribution is 2.11. The molecule has 0 saturated heterocycles. The number of hydrogen-bond donors (Lipinski definition) is 1. The van der Waals surface area contributed by atoms with Crippen LogP contribution in [0.25, 0.3) is 0 Å². The van der Waals surface area contributed by atoms with Gasteiger partial charge in [0.05, 0.1) is 11.8 Å². The summed E-state index contributed by atoms with van der Waals surface area (Å²) in [5.41, 5.74) is 2.44. The van der Waals surface area contributed by atoms with Crippen molar-refractivity contribution in [2.45, 2.75) is 58.5 Å². The Morgan fingerprint density at radius 1 is 1.38 bits per heavy atom. The monoisotopic (exact) mass is 224 g/mol. The average molecular weight is 224 g/mol. The molecule has 0 aliphatic carbocycles. The SMILES string of the molecule is CCCC(O)CCCc1cc(CC)nn1C. The first-order chi connectivity index (χ1) is 7.67. The number of aryl methyl sites for hydroxylation is 3. The zero-order chi connectivity index (χ0) is 12.0. The van der Waals surface area contributed by atoms with E-state index in [1.54, 1.807) is 0 Å². The predicted molar refractivity (Wildman–Crippen MR) is 66.4 cm³/mol. The Bertz CT molecular complexity index is 307. The van der Waals surface area contributed by atoms with Crippen molar-refractivity contribution in [2.24, 2.45) is 7.05 Å². The summed E-state index contributed by atoms with van der Waals surface area (Å²) >= 11 is 0. The molecule has 0 bridgehead atoms. The van der Waals surface area contributed by atoms with E-state index < -0.39 is 0 Å². The Kier molecular flexibility index (Phi) is 5.53. The van der Waals surface area contributed by atoms with Crippen molar-refractivity contribution in [3.05, 3.63) is 17.5 Å². The lowest BCUT2D eigenvalue weighted by Crippen LogP contribution is -2.07. The molecule has 0 radical (unpaired) electrons. The van der Waals surface area contributed by atoms with E-state index in [0.29, 0.717) is 0 Å². The number of nitrogens with zero attached hydrogens (tertiary/aromatic N) is 2. The zero-order valence-electron chi connectivity index (χ0n) is 10.7. The Morgan fingerprint density at radius 2 is 2.12 bits per heavy atom. The van der Waals surface area contributed by atoms with Gasteiger partial charge in [0.15, 0.2) is 0 Å². The van der Waals surface area contributed by atoms with Gasteiger partial charge in [-0.15, -0.1) is 0 Å². The summed E-state index contributed by atoms with van der Waals surface area (Å²) in [6.45, 7) is 4.23. The van der Waals surface area contributed by atoms with Crippen LogP contribution in [-0.2, 0) is 19.9 Å². The first kappa shape index (κ1) is 13.2. The van der Waals surface area contributed by atoms with E-state index in [2.05, 4.69) is 25.0 Å². The van der Waals surface area contributed by atoms with Crippen molar-refractivity contribution in [2.75, 3.05) is 0 Å². The van der Waals surface area contributed by atoms with E-state index >= 15 is 0 Å². The Hall–Kier alpha value is -0.830. The molecule has 0 fully saturated rings. The molecule has 0 aliphatic heterocycles. The van der Waals surface area contributed by atoms with Gasteiger partial charge in [-0.25, -0.2) is 0 Å². The standard InChI is InChI=1S/C13H24N2O/c1-4-7-13(16)9-6-8-12-10-11(5-2)14-15(12)3/h10,13,16H,4-9H2,1-3H3. The van der Waals surface area contributed by atoms with E-state index in [0.717, 1.165) is 44.2 Å². The third-order valence-corrected chi connectivity index (χ3v) is 2.98. The van der Waals surface area contributed by atoms with Crippen LogP contribution in [0, 0.1) is 0 Å². The van der Waals surface area contributed by atoms with Gasteiger partial charge in [-0.05, 0) is 38.2 Å². The minimum Gasteiger partial charge on any atom is -0.393 e. The molecule has 3 heteroatoms. The largest absolute Gasteiger partial charge is 0.393 e. The summed E-state index contributed by atoms with van der Waals surface area (Å²) in [6, 6.07) is 2.17. The smallest absolute Gasteiger partial charge is 0.0624 e. The van der Waals surface area contributed by atoms with Crippen LogP contribution in [0.5, 0.6) is 0 Å². The molecule has 16 heavy (non-hydrogen) atoms. The highest BCUT2D eigenvalue weighted by Gasteiger charge is 2.06. The summed E-state index contributed by atoms with van der Waals surface area (Å²) in [5, 5.41) is 14.0. The summed E-state index contributed by atoms with van der Waals surface area (Å²) < 4.78 is 1.96. The van der Waals surface area contributed by atoms with Crippen molar-refractivity contribution in [1.29, 1.82) is 0 Å². The van der Waals surface area contributed by atoms with Gasteiger partial charge in [0.25, 0.3) is 0 Å². The van der Waals surface area contributed by atoms with Gasteiger partial charge >= 0.3 is 0 Å². The van der Waals surface area contributed by atoms with Crippen molar-refractivity contribution in [3.63, 3.8) is 0 Å². The van der Waals surface area contributed by atoms with Gasteiger partial charge in [0.1, 0.15) is 0 Å². The fourth-order valence-corrected chi connectivity index (χ4v) is 1.97. The van der Waals surface area contributed by atoms with Gasteiger partial charge < -0.3 is 5.11 Å². The Labute approximate surface area is 98.5 Å². The normalized spacial score (nSPS) is 13.0. The van der Waals surface area contributed by atoms with Crippen molar-refractivity contribution < 1.29 is 5.11 Å². The number of rotatable bonds is 7. The number of aliphatic hydroxyl groups excluding tert-OH is 1. The lowest BCUT2D eigenvalue weighted by atomic mass is 10.1. The maximum absolute atomic E-state index is 9.63. The predicted octanol–water partition coefficient (Wildman–Crippen LogP) is 2.47. The molecule has 1 rings (SSSR count). The van der Waals surface area contributed by atoms with Crippen LogP contribution in [-0.4, -0.2) is 21.0 Å². The number of hydrogen-bond acceptors (Lipinski definition) is 2. The van der Waals surface area contributed by atoms with Crippen molar-refractivity contribution in [1.82, 2.24) is 9.78 Å². The molecule has 0 aromatic carbocycles. The lowest BCUT2D eigenvalue weighted by Gasteiger charge is -2.08. The minimum atomic E-state index is -0.121. The van der Waals surface area contributed by atoms with E-state index in [1.807, 2.05) is 11.7 Å². The second-order valence-electron chi connectivity index (χ2n) is 4.44. The maximum Gasteiger partial charge on any atom is 0.0624 e. The molecule has 92 valence electrons. The number of aliphatic hydroxyl groups is 1. The summed E-state index contributed by atoms with van der Waals surface area (Å²) in [4.78, 5) is 0. The quantitative estimate of drug-likeness (QED) is 0.772. The third kappa shape index (κ3) is 3.97. The molecule has 0 saturated carbocycles. The maximum atomic E-state index is 9.63. The highest BCUT2D eigenvalue weighted by atomic mass is 16.3. The molecular weight excluding hydrogens is 200 g/mol. The molecule has 1 aromatic rings. The molecule has 1 atom stereocenters. The van der Waals surface area contributed by atoms with E-state index in [9.17, 15) is 5.11 Å². The fourth-order valence-electron chi connectivity index (χ4n) is 1.97. The summed E-state index contributed by atoms with van der Waals surface area (Å²) in [5.74, 6) is 0. The second-order valence-corrected chi connectivity index (χ2v) is 4.44. The molecule has 0 spiro atoms. The topological polar surface area (TPSA) is 38.1 Å². The van der Waals surface area contributed by atoms with Crippen LogP contribution in [0.2, 0.25) is 0 Å². The van der Waals surface area contributed by atoms with Gasteiger partial charge in [-0.2, -0.15) is 5.10 Å². The van der Waals surface area contributed by atoms with E-state index in [1.165, 1.54) is 5.69 Å². The second kappa shape index (κ2) is 6.69. The van der Waals surface area contributed by atoms with Crippen LogP contribution in [0.4, 0.5) is 0 Å². The van der Waals surface area contributed by atoms with Crippen LogP contribution < -0.4 is 0 Å².